The highest BCUT2D eigenvalue weighted by Gasteiger charge is 2.32. The molecule has 5 nitrogen and oxygen atoms in total. The first-order chi connectivity index (χ1) is 8.44. The fourth-order valence-corrected chi connectivity index (χ4v) is 4.53. The van der Waals surface area contributed by atoms with Gasteiger partial charge in [0.1, 0.15) is 0 Å². The lowest BCUT2D eigenvalue weighted by Crippen LogP contribution is -2.40. The Bertz CT molecular complexity index is 369. The van der Waals surface area contributed by atoms with Gasteiger partial charge in [0.05, 0.1) is 18.1 Å². The average Bonchev–Trinajstić information content (AvgIpc) is 2.63. The molecule has 1 aliphatic rings. The van der Waals surface area contributed by atoms with Gasteiger partial charge in [-0.3, -0.25) is 9.69 Å². The van der Waals surface area contributed by atoms with Crippen LogP contribution in [0.2, 0.25) is 0 Å². The normalized spacial score (nSPS) is 22.4. The summed E-state index contributed by atoms with van der Waals surface area (Å²) < 4.78 is 22.9. The summed E-state index contributed by atoms with van der Waals surface area (Å²) in [6.07, 6.45) is 1.47. The molecule has 0 aromatic heterocycles. The predicted molar refractivity (Wildman–Crippen MR) is 73.9 cm³/mol. The van der Waals surface area contributed by atoms with E-state index < -0.39 is 15.8 Å². The Morgan fingerprint density at radius 2 is 2.22 bits per heavy atom. The number of thioether (sulfide) groups is 1. The van der Waals surface area contributed by atoms with E-state index in [0.29, 0.717) is 13.0 Å². The fourth-order valence-electron chi connectivity index (χ4n) is 2.14. The average molecular weight is 295 g/mol. The summed E-state index contributed by atoms with van der Waals surface area (Å²) in [6, 6.07) is -0.113. The van der Waals surface area contributed by atoms with Gasteiger partial charge < -0.3 is 5.11 Å². The maximum Gasteiger partial charge on any atom is 0.317 e. The standard InChI is InChI=1S/C11H21NO4S2/c1-2-17-6-3-5-12(8-11(13)14)10-4-7-18(15,16)9-10/h10H,2-9H2,1H3,(H,13,14). The number of sulfone groups is 1. The van der Waals surface area contributed by atoms with E-state index in [-0.39, 0.29) is 24.1 Å². The van der Waals surface area contributed by atoms with E-state index in [1.807, 2.05) is 16.7 Å². The third-order valence-electron chi connectivity index (χ3n) is 3.00. The van der Waals surface area contributed by atoms with Crippen molar-refractivity contribution in [2.45, 2.75) is 25.8 Å². The Hall–Kier alpha value is -0.270. The third-order valence-corrected chi connectivity index (χ3v) is 5.74. The number of carboxylic acid groups (broad SMARTS) is 1. The van der Waals surface area contributed by atoms with Crippen molar-refractivity contribution in [3.05, 3.63) is 0 Å². The van der Waals surface area contributed by atoms with Crippen LogP contribution in [0.25, 0.3) is 0 Å². The summed E-state index contributed by atoms with van der Waals surface area (Å²) in [5, 5.41) is 8.88. The van der Waals surface area contributed by atoms with Crippen molar-refractivity contribution in [1.29, 1.82) is 0 Å². The largest absolute Gasteiger partial charge is 0.480 e. The molecule has 1 fully saturated rings. The number of carbonyl (C=O) groups is 1. The molecule has 0 spiro atoms. The summed E-state index contributed by atoms with van der Waals surface area (Å²) >= 11 is 1.82. The second-order valence-electron chi connectivity index (χ2n) is 4.47. The van der Waals surface area contributed by atoms with Gasteiger partial charge in [-0.15, -0.1) is 0 Å². The smallest absolute Gasteiger partial charge is 0.317 e. The van der Waals surface area contributed by atoms with Gasteiger partial charge >= 0.3 is 5.97 Å². The third kappa shape index (κ3) is 5.58. The quantitative estimate of drug-likeness (QED) is 0.665. The minimum Gasteiger partial charge on any atom is -0.480 e. The van der Waals surface area contributed by atoms with Gasteiger partial charge in [0.25, 0.3) is 0 Å². The van der Waals surface area contributed by atoms with Crippen LogP contribution in [0.1, 0.15) is 19.8 Å². The highest BCUT2D eigenvalue weighted by molar-refractivity contribution is 7.99. The number of rotatable bonds is 8. The van der Waals surface area contributed by atoms with Crippen LogP contribution in [0.15, 0.2) is 0 Å². The van der Waals surface area contributed by atoms with Crippen LogP contribution in [0.5, 0.6) is 0 Å². The minimum absolute atomic E-state index is 0.0586. The second-order valence-corrected chi connectivity index (χ2v) is 8.09. The number of carboxylic acids is 1. The van der Waals surface area contributed by atoms with Crippen LogP contribution < -0.4 is 0 Å². The summed E-state index contributed by atoms with van der Waals surface area (Å²) in [5.41, 5.74) is 0. The molecule has 1 unspecified atom stereocenters. The van der Waals surface area contributed by atoms with E-state index in [1.165, 1.54) is 0 Å². The van der Waals surface area contributed by atoms with Crippen molar-refractivity contribution >= 4 is 27.6 Å². The lowest BCUT2D eigenvalue weighted by atomic mass is 10.2. The van der Waals surface area contributed by atoms with E-state index in [2.05, 4.69) is 6.92 Å². The summed E-state index contributed by atoms with van der Waals surface area (Å²) in [7, 11) is -2.95. The molecule has 1 heterocycles. The van der Waals surface area contributed by atoms with Gasteiger partial charge in [-0.25, -0.2) is 8.42 Å². The van der Waals surface area contributed by atoms with E-state index >= 15 is 0 Å². The van der Waals surface area contributed by atoms with Crippen LogP contribution in [0, 0.1) is 0 Å². The van der Waals surface area contributed by atoms with E-state index in [9.17, 15) is 13.2 Å². The Morgan fingerprint density at radius 1 is 1.50 bits per heavy atom. The summed E-state index contributed by atoms with van der Waals surface area (Å²) in [4.78, 5) is 12.6. The molecule has 0 bridgehead atoms. The van der Waals surface area contributed by atoms with Gasteiger partial charge in [-0.2, -0.15) is 11.8 Å². The van der Waals surface area contributed by atoms with Crippen molar-refractivity contribution in [3.63, 3.8) is 0 Å². The van der Waals surface area contributed by atoms with E-state index in [0.717, 1.165) is 17.9 Å². The van der Waals surface area contributed by atoms with Crippen molar-refractivity contribution in [2.75, 3.05) is 36.1 Å². The molecular formula is C11H21NO4S2. The first-order valence-corrected chi connectivity index (χ1v) is 9.16. The van der Waals surface area contributed by atoms with Gasteiger partial charge in [0.15, 0.2) is 9.84 Å². The molecule has 1 rings (SSSR count). The van der Waals surface area contributed by atoms with Crippen molar-refractivity contribution in [3.8, 4) is 0 Å². The highest BCUT2D eigenvalue weighted by Crippen LogP contribution is 2.18. The van der Waals surface area contributed by atoms with Crippen molar-refractivity contribution in [2.24, 2.45) is 0 Å². The molecule has 0 aliphatic carbocycles. The maximum absolute atomic E-state index is 11.4. The zero-order valence-electron chi connectivity index (χ0n) is 10.7. The molecule has 1 aliphatic heterocycles. The SMILES string of the molecule is CCSCCCN(CC(=O)O)C1CCS(=O)(=O)C1. The summed E-state index contributed by atoms with van der Waals surface area (Å²) in [5.74, 6) is 1.46. The first-order valence-electron chi connectivity index (χ1n) is 6.18. The van der Waals surface area contributed by atoms with E-state index in [4.69, 9.17) is 5.11 Å². The summed E-state index contributed by atoms with van der Waals surface area (Å²) in [6.45, 7) is 2.69. The zero-order valence-corrected chi connectivity index (χ0v) is 12.3. The van der Waals surface area contributed by atoms with Crippen LogP contribution in [-0.4, -0.2) is 66.5 Å². The molecule has 1 N–H and O–H groups in total. The minimum atomic E-state index is -2.95. The molecule has 0 radical (unpaired) electrons. The number of hydrogen-bond acceptors (Lipinski definition) is 5. The molecule has 1 saturated heterocycles. The van der Waals surface area contributed by atoms with Gasteiger partial charge in [0.2, 0.25) is 0 Å². The van der Waals surface area contributed by atoms with Crippen LogP contribution in [0.4, 0.5) is 0 Å². The van der Waals surface area contributed by atoms with Gasteiger partial charge in [-0.05, 0) is 30.9 Å². The lowest BCUT2D eigenvalue weighted by molar-refractivity contribution is -0.138. The number of aliphatic carboxylic acids is 1. The Kier molecular flexibility index (Phi) is 6.45. The maximum atomic E-state index is 11.4. The molecule has 0 amide bonds. The Morgan fingerprint density at radius 3 is 2.72 bits per heavy atom. The monoisotopic (exact) mass is 295 g/mol. The molecule has 0 aromatic rings. The first kappa shape index (κ1) is 15.8. The molecule has 0 aromatic carbocycles. The zero-order chi connectivity index (χ0) is 13.6. The topological polar surface area (TPSA) is 74.7 Å². The molecule has 0 saturated carbocycles. The van der Waals surface area contributed by atoms with Gasteiger partial charge in [0, 0.05) is 6.04 Å². The molecule has 106 valence electrons. The molecule has 1 atom stereocenters. The second kappa shape index (κ2) is 7.35. The van der Waals surface area contributed by atoms with E-state index in [1.54, 1.807) is 0 Å². The van der Waals surface area contributed by atoms with Crippen LogP contribution >= 0.6 is 11.8 Å². The van der Waals surface area contributed by atoms with Crippen molar-refractivity contribution < 1.29 is 18.3 Å². The van der Waals surface area contributed by atoms with Crippen LogP contribution in [-0.2, 0) is 14.6 Å². The number of hydrogen-bond donors (Lipinski definition) is 1. The Balaban J connectivity index is 2.48. The lowest BCUT2D eigenvalue weighted by Gasteiger charge is -2.26. The molecular weight excluding hydrogens is 274 g/mol. The van der Waals surface area contributed by atoms with Crippen LogP contribution in [0.3, 0.4) is 0 Å². The molecule has 18 heavy (non-hydrogen) atoms. The highest BCUT2D eigenvalue weighted by atomic mass is 32.2. The number of nitrogens with zero attached hydrogens (tertiary/aromatic N) is 1. The van der Waals surface area contributed by atoms with Gasteiger partial charge in [-0.1, -0.05) is 6.92 Å². The van der Waals surface area contributed by atoms with Crippen molar-refractivity contribution in [1.82, 2.24) is 4.90 Å². The fraction of sp³-hybridized carbons (Fsp3) is 0.909. The molecule has 7 heteroatoms. The predicted octanol–water partition coefficient (Wildman–Crippen LogP) is 0.703. The Labute approximate surface area is 113 Å².